The maximum Gasteiger partial charge on any atom is 0.326 e. The van der Waals surface area contributed by atoms with Crippen LogP contribution in [0.3, 0.4) is 0 Å². The summed E-state index contributed by atoms with van der Waals surface area (Å²) in [6.45, 7) is 4.47. The van der Waals surface area contributed by atoms with Crippen molar-refractivity contribution in [3.63, 3.8) is 0 Å². The summed E-state index contributed by atoms with van der Waals surface area (Å²) in [6, 6.07) is 1.93. The molecule has 0 bridgehead atoms. The van der Waals surface area contributed by atoms with Gasteiger partial charge in [0.15, 0.2) is 5.75 Å². The molecule has 170 valence electrons. The van der Waals surface area contributed by atoms with Crippen LogP contribution in [-0.4, -0.2) is 57.6 Å². The van der Waals surface area contributed by atoms with Gasteiger partial charge >= 0.3 is 6.01 Å². The van der Waals surface area contributed by atoms with Gasteiger partial charge in [-0.3, -0.25) is 0 Å². The van der Waals surface area contributed by atoms with Gasteiger partial charge in [0, 0.05) is 37.6 Å². The minimum absolute atomic E-state index is 0.0400. The maximum atomic E-state index is 14.7. The summed E-state index contributed by atoms with van der Waals surface area (Å²) < 4.78 is 20.6. The van der Waals surface area contributed by atoms with Gasteiger partial charge in [0.05, 0.1) is 34.0 Å². The smallest absolute Gasteiger partial charge is 0.326 e. The third-order valence-electron chi connectivity index (χ3n) is 6.48. The van der Waals surface area contributed by atoms with Crippen LogP contribution in [0.2, 0.25) is 5.02 Å². The highest BCUT2D eigenvalue weighted by Gasteiger charge is 2.38. The van der Waals surface area contributed by atoms with E-state index in [1.54, 1.807) is 26.4 Å². The fraction of sp³-hybridized carbons (Fsp3) is 0.364. The van der Waals surface area contributed by atoms with E-state index >= 15 is 0 Å². The average Bonchev–Trinajstić information content (AvgIpc) is 3.50. The first-order valence-electron chi connectivity index (χ1n) is 10.9. The van der Waals surface area contributed by atoms with Gasteiger partial charge in [0.25, 0.3) is 0 Å². The van der Waals surface area contributed by atoms with Crippen molar-refractivity contribution in [1.82, 2.24) is 30.2 Å². The number of aromatic nitrogens is 5. The van der Waals surface area contributed by atoms with Crippen LogP contribution in [0.4, 0.5) is 15.9 Å². The number of hydrogen-bond donors (Lipinski definition) is 3. The number of H-pyrrole nitrogens is 1. The summed E-state index contributed by atoms with van der Waals surface area (Å²) in [7, 11) is 1.74. The quantitative estimate of drug-likeness (QED) is 0.417. The second-order valence-electron chi connectivity index (χ2n) is 8.48. The molecule has 6 rings (SSSR count). The number of halogens is 2. The summed E-state index contributed by atoms with van der Waals surface area (Å²) in [5.41, 5.74) is 1.78. The Hall–Kier alpha value is -3.24. The lowest BCUT2D eigenvalue weighted by Gasteiger charge is -2.20. The Labute approximate surface area is 193 Å². The molecule has 1 aromatic carbocycles. The lowest BCUT2D eigenvalue weighted by molar-refractivity contribution is 0.439. The molecular weight excluding hydrogens is 447 g/mol. The highest BCUT2D eigenvalue weighted by atomic mass is 35.5. The van der Waals surface area contributed by atoms with Crippen molar-refractivity contribution in [1.29, 1.82) is 0 Å². The number of benzene rings is 1. The fourth-order valence-corrected chi connectivity index (χ4v) is 5.13. The van der Waals surface area contributed by atoms with E-state index < -0.39 is 5.82 Å². The van der Waals surface area contributed by atoms with Crippen LogP contribution in [0.25, 0.3) is 21.9 Å². The summed E-state index contributed by atoms with van der Waals surface area (Å²) in [6.07, 6.45) is 4.28. The van der Waals surface area contributed by atoms with Crippen LogP contribution < -0.4 is 20.3 Å². The van der Waals surface area contributed by atoms with E-state index in [9.17, 15) is 4.39 Å². The lowest BCUT2D eigenvalue weighted by Crippen LogP contribution is -2.30. The monoisotopic (exact) mass is 468 g/mol. The predicted molar refractivity (Wildman–Crippen MR) is 125 cm³/mol. The lowest BCUT2D eigenvalue weighted by atomic mass is 10.1. The number of aromatic amines is 1. The molecule has 11 heteroatoms. The van der Waals surface area contributed by atoms with E-state index in [0.29, 0.717) is 57.0 Å². The van der Waals surface area contributed by atoms with Crippen LogP contribution in [0.5, 0.6) is 11.8 Å². The minimum atomic E-state index is -0.502. The van der Waals surface area contributed by atoms with Gasteiger partial charge in [-0.15, -0.1) is 0 Å². The molecule has 3 aromatic heterocycles. The number of aryl methyl sites for hydroxylation is 1. The molecule has 9 nitrogen and oxygen atoms in total. The normalized spacial score (nSPS) is 20.1. The number of rotatable bonds is 4. The topological polar surface area (TPSA) is 104 Å². The number of nitrogens with one attached hydrogen (secondary N) is 3. The van der Waals surface area contributed by atoms with Crippen molar-refractivity contribution in [3.05, 3.63) is 35.1 Å². The van der Waals surface area contributed by atoms with E-state index in [0.717, 1.165) is 26.1 Å². The standard InChI is InChI=1S/C22H22ClFN8O/c1-10-27-6-12(7-28-10)33-22-30-20-17(16-18(23)13(24)5-14(25-2)19(16)29-20)21(31-22)32-8-11-3-4-26-15(11)9-32/h5-7,11,15,25-26H,3-4,8-9H2,1-2H3,(H,29,30,31)/t11-,15?/m1/s1. The second kappa shape index (κ2) is 7.67. The molecule has 2 aliphatic heterocycles. The second-order valence-corrected chi connectivity index (χ2v) is 8.86. The van der Waals surface area contributed by atoms with E-state index in [1.165, 1.54) is 6.07 Å². The number of fused-ring (bicyclic) bond motifs is 4. The van der Waals surface area contributed by atoms with Crippen molar-refractivity contribution in [2.45, 2.75) is 19.4 Å². The zero-order chi connectivity index (χ0) is 22.7. The number of hydrogen-bond acceptors (Lipinski definition) is 8. The van der Waals surface area contributed by atoms with E-state index in [4.69, 9.17) is 21.3 Å². The Morgan fingerprint density at radius 1 is 1.21 bits per heavy atom. The highest BCUT2D eigenvalue weighted by molar-refractivity contribution is 6.39. The minimum Gasteiger partial charge on any atom is -0.421 e. The molecule has 0 radical (unpaired) electrons. The Morgan fingerprint density at radius 2 is 2.03 bits per heavy atom. The Balaban J connectivity index is 1.56. The van der Waals surface area contributed by atoms with Gasteiger partial charge < -0.3 is 25.3 Å². The van der Waals surface area contributed by atoms with E-state index in [1.807, 2.05) is 0 Å². The Kier molecular flexibility index (Phi) is 4.73. The molecule has 3 N–H and O–H groups in total. The molecule has 0 spiro atoms. The van der Waals surface area contributed by atoms with Crippen LogP contribution in [-0.2, 0) is 0 Å². The summed E-state index contributed by atoms with van der Waals surface area (Å²) in [5, 5.41) is 7.87. The maximum absolute atomic E-state index is 14.7. The van der Waals surface area contributed by atoms with Crippen molar-refractivity contribution in [2.75, 3.05) is 36.9 Å². The molecule has 2 fully saturated rings. The number of anilines is 2. The van der Waals surface area contributed by atoms with Crippen molar-refractivity contribution in [2.24, 2.45) is 5.92 Å². The largest absolute Gasteiger partial charge is 0.421 e. The van der Waals surface area contributed by atoms with Crippen molar-refractivity contribution < 1.29 is 9.13 Å². The first-order chi connectivity index (χ1) is 16.0. The molecule has 2 aliphatic rings. The van der Waals surface area contributed by atoms with Crippen LogP contribution in [0.1, 0.15) is 12.2 Å². The predicted octanol–water partition coefficient (Wildman–Crippen LogP) is 3.63. The molecular formula is C22H22ClFN8O. The molecule has 33 heavy (non-hydrogen) atoms. The Bertz CT molecular complexity index is 1360. The summed E-state index contributed by atoms with van der Waals surface area (Å²) in [4.78, 5) is 23.2. The van der Waals surface area contributed by atoms with Gasteiger partial charge in [-0.25, -0.2) is 14.4 Å². The Morgan fingerprint density at radius 3 is 2.79 bits per heavy atom. The van der Waals surface area contributed by atoms with E-state index in [2.05, 4.69) is 35.5 Å². The summed E-state index contributed by atoms with van der Waals surface area (Å²) in [5.74, 6) is 1.78. The molecule has 0 saturated carbocycles. The number of ether oxygens (including phenoxy) is 1. The fourth-order valence-electron chi connectivity index (χ4n) is 4.89. The molecule has 0 aliphatic carbocycles. The average molecular weight is 469 g/mol. The SMILES string of the molecule is CNc1cc(F)c(Cl)c2c1[nH]c1nc(Oc3cnc(C)nc3)nc(N3CC4NCC[C@@H]4C3)c12. The third-order valence-corrected chi connectivity index (χ3v) is 6.85. The molecule has 2 atom stereocenters. The first kappa shape index (κ1) is 20.4. The molecule has 5 heterocycles. The van der Waals surface area contributed by atoms with Crippen LogP contribution >= 0.6 is 11.6 Å². The third kappa shape index (κ3) is 3.32. The van der Waals surface area contributed by atoms with Gasteiger partial charge in [0.1, 0.15) is 23.1 Å². The summed E-state index contributed by atoms with van der Waals surface area (Å²) >= 11 is 6.48. The number of nitrogens with zero attached hydrogens (tertiary/aromatic N) is 5. The van der Waals surface area contributed by atoms with Crippen LogP contribution in [0, 0.1) is 18.7 Å². The van der Waals surface area contributed by atoms with Crippen molar-refractivity contribution >= 4 is 45.0 Å². The van der Waals surface area contributed by atoms with Gasteiger partial charge in [-0.2, -0.15) is 9.97 Å². The van der Waals surface area contributed by atoms with Gasteiger partial charge in [0.2, 0.25) is 0 Å². The van der Waals surface area contributed by atoms with Crippen molar-refractivity contribution in [3.8, 4) is 11.8 Å². The first-order valence-corrected chi connectivity index (χ1v) is 11.2. The zero-order valence-corrected chi connectivity index (χ0v) is 18.9. The zero-order valence-electron chi connectivity index (χ0n) is 18.1. The van der Waals surface area contributed by atoms with Gasteiger partial charge in [-0.1, -0.05) is 11.6 Å². The molecule has 2 saturated heterocycles. The van der Waals surface area contributed by atoms with E-state index in [-0.39, 0.29) is 11.0 Å². The molecule has 0 amide bonds. The van der Waals surface area contributed by atoms with Crippen LogP contribution in [0.15, 0.2) is 18.5 Å². The van der Waals surface area contributed by atoms with Gasteiger partial charge in [-0.05, 0) is 25.8 Å². The highest BCUT2D eigenvalue weighted by Crippen LogP contribution is 2.42. The molecule has 4 aromatic rings. The molecule has 1 unspecified atom stereocenters.